The average Bonchev–Trinajstić information content (AvgIpc) is 3.18. The normalized spacial score (nSPS) is 16.4. The summed E-state index contributed by atoms with van der Waals surface area (Å²) in [5, 5.41) is 1.98. The number of hydrogen-bond acceptors (Lipinski definition) is 3. The van der Waals surface area contributed by atoms with Crippen LogP contribution in [0.2, 0.25) is 0 Å². The number of hydrogen-bond donors (Lipinski definition) is 0. The highest BCUT2D eigenvalue weighted by molar-refractivity contribution is 7.12. The third-order valence-corrected chi connectivity index (χ3v) is 4.81. The van der Waals surface area contributed by atoms with Crippen LogP contribution in [0.3, 0.4) is 0 Å². The molecule has 0 spiro atoms. The Balaban J connectivity index is 0.00000161. The fourth-order valence-electron chi connectivity index (χ4n) is 2.84. The lowest BCUT2D eigenvalue weighted by atomic mass is 9.93. The lowest BCUT2D eigenvalue weighted by Gasteiger charge is -2.22. The van der Waals surface area contributed by atoms with Gasteiger partial charge in [0.2, 0.25) is 0 Å². The van der Waals surface area contributed by atoms with Crippen molar-refractivity contribution in [2.45, 2.75) is 18.8 Å². The van der Waals surface area contributed by atoms with Crippen molar-refractivity contribution >= 4 is 29.5 Å². The van der Waals surface area contributed by atoms with E-state index in [1.165, 1.54) is 12.8 Å². The molecule has 0 N–H and O–H groups in total. The zero-order valence-electron chi connectivity index (χ0n) is 11.9. The standard InChI is InChI=1S/C17H19NOS.ClH/c19-17(16-9-6-12-20-16)15(13-18-10-4-5-11-18)14-7-2-1-3-8-14;/h1-3,6-9,12,15H,4-5,10-11,13H2;1H. The van der Waals surface area contributed by atoms with E-state index in [-0.39, 0.29) is 24.1 Å². The van der Waals surface area contributed by atoms with Crippen molar-refractivity contribution in [3.05, 3.63) is 58.3 Å². The fourth-order valence-corrected chi connectivity index (χ4v) is 3.56. The van der Waals surface area contributed by atoms with Gasteiger partial charge < -0.3 is 4.90 Å². The SMILES string of the molecule is Cl.O=C(c1cccs1)C(CN1CCCC1)c1ccccc1. The molecule has 1 aliphatic heterocycles. The first-order valence-corrected chi connectivity index (χ1v) is 8.07. The van der Waals surface area contributed by atoms with E-state index in [1.54, 1.807) is 11.3 Å². The summed E-state index contributed by atoms with van der Waals surface area (Å²) in [6, 6.07) is 14.1. The summed E-state index contributed by atoms with van der Waals surface area (Å²) in [6.45, 7) is 3.10. The number of carbonyl (C=O) groups is 1. The van der Waals surface area contributed by atoms with Gasteiger partial charge in [0.05, 0.1) is 10.8 Å². The van der Waals surface area contributed by atoms with Gasteiger partial charge in [0.15, 0.2) is 5.78 Å². The van der Waals surface area contributed by atoms with Gasteiger partial charge in [0, 0.05) is 6.54 Å². The molecule has 0 aliphatic carbocycles. The van der Waals surface area contributed by atoms with Crippen molar-refractivity contribution in [3.8, 4) is 0 Å². The maximum Gasteiger partial charge on any atom is 0.181 e. The molecule has 3 rings (SSSR count). The summed E-state index contributed by atoms with van der Waals surface area (Å²) in [6.07, 6.45) is 2.52. The summed E-state index contributed by atoms with van der Waals surface area (Å²) >= 11 is 1.54. The van der Waals surface area contributed by atoms with E-state index in [9.17, 15) is 4.79 Å². The van der Waals surface area contributed by atoms with Crippen molar-refractivity contribution < 1.29 is 4.79 Å². The van der Waals surface area contributed by atoms with Gasteiger partial charge in [-0.15, -0.1) is 23.7 Å². The molecule has 1 atom stereocenters. The Morgan fingerprint density at radius 2 is 1.81 bits per heavy atom. The van der Waals surface area contributed by atoms with Crippen LogP contribution in [0.5, 0.6) is 0 Å². The molecule has 0 amide bonds. The van der Waals surface area contributed by atoms with E-state index in [4.69, 9.17) is 0 Å². The molecule has 1 aromatic carbocycles. The minimum atomic E-state index is -0.0343. The minimum absolute atomic E-state index is 0. The molecule has 1 saturated heterocycles. The van der Waals surface area contributed by atoms with Gasteiger partial charge in [-0.3, -0.25) is 4.79 Å². The Bertz CT molecular complexity index is 549. The zero-order valence-corrected chi connectivity index (χ0v) is 13.5. The van der Waals surface area contributed by atoms with Gasteiger partial charge >= 0.3 is 0 Å². The highest BCUT2D eigenvalue weighted by atomic mass is 35.5. The predicted octanol–water partition coefficient (Wildman–Crippen LogP) is 4.23. The number of benzene rings is 1. The first-order chi connectivity index (χ1) is 9.84. The molecule has 2 heterocycles. The van der Waals surface area contributed by atoms with E-state index in [2.05, 4.69) is 17.0 Å². The van der Waals surface area contributed by atoms with Crippen LogP contribution in [0.1, 0.15) is 34.0 Å². The lowest BCUT2D eigenvalue weighted by molar-refractivity contribution is 0.0944. The highest BCUT2D eigenvalue weighted by Gasteiger charge is 2.26. The molecule has 2 nitrogen and oxygen atoms in total. The Labute approximate surface area is 136 Å². The van der Waals surface area contributed by atoms with E-state index >= 15 is 0 Å². The molecule has 0 saturated carbocycles. The van der Waals surface area contributed by atoms with E-state index < -0.39 is 0 Å². The number of likely N-dealkylation sites (tertiary alicyclic amines) is 1. The Hall–Kier alpha value is -1.16. The van der Waals surface area contributed by atoms with Gasteiger partial charge in [-0.05, 0) is 42.9 Å². The van der Waals surface area contributed by atoms with Crippen molar-refractivity contribution in [1.29, 1.82) is 0 Å². The van der Waals surface area contributed by atoms with E-state index in [0.29, 0.717) is 0 Å². The zero-order chi connectivity index (χ0) is 13.8. The summed E-state index contributed by atoms with van der Waals surface area (Å²) < 4.78 is 0. The Morgan fingerprint density at radius 3 is 2.43 bits per heavy atom. The third kappa shape index (κ3) is 3.94. The first-order valence-electron chi connectivity index (χ1n) is 7.19. The van der Waals surface area contributed by atoms with Crippen LogP contribution < -0.4 is 0 Å². The number of carbonyl (C=O) groups excluding carboxylic acids is 1. The largest absolute Gasteiger partial charge is 0.302 e. The fraction of sp³-hybridized carbons (Fsp3) is 0.353. The topological polar surface area (TPSA) is 20.3 Å². The van der Waals surface area contributed by atoms with Gasteiger partial charge in [-0.2, -0.15) is 0 Å². The highest BCUT2D eigenvalue weighted by Crippen LogP contribution is 2.25. The maximum absolute atomic E-state index is 12.8. The van der Waals surface area contributed by atoms with Crippen LogP contribution in [-0.4, -0.2) is 30.3 Å². The second kappa shape index (κ2) is 7.74. The molecule has 112 valence electrons. The summed E-state index contributed by atoms with van der Waals surface area (Å²) in [5.41, 5.74) is 1.14. The summed E-state index contributed by atoms with van der Waals surface area (Å²) in [7, 11) is 0. The maximum atomic E-state index is 12.8. The average molecular weight is 322 g/mol. The van der Waals surface area contributed by atoms with Gasteiger partial charge in [0.1, 0.15) is 0 Å². The van der Waals surface area contributed by atoms with Crippen LogP contribution in [-0.2, 0) is 0 Å². The molecule has 1 aliphatic rings. The molecule has 1 aromatic heterocycles. The predicted molar refractivity (Wildman–Crippen MR) is 90.8 cm³/mol. The Morgan fingerprint density at radius 1 is 1.10 bits per heavy atom. The number of nitrogens with zero attached hydrogens (tertiary/aromatic N) is 1. The van der Waals surface area contributed by atoms with E-state index in [0.717, 1.165) is 30.1 Å². The molecular weight excluding hydrogens is 302 g/mol. The molecule has 1 unspecified atom stereocenters. The van der Waals surface area contributed by atoms with Crippen LogP contribution in [0.4, 0.5) is 0 Å². The molecule has 4 heteroatoms. The number of Topliss-reactive ketones (excluding diaryl/α,β-unsaturated/α-hetero) is 1. The van der Waals surface area contributed by atoms with Gasteiger partial charge in [-0.1, -0.05) is 36.4 Å². The second-order valence-electron chi connectivity index (χ2n) is 5.31. The first kappa shape index (κ1) is 16.2. The van der Waals surface area contributed by atoms with Crippen molar-refractivity contribution in [1.82, 2.24) is 4.90 Å². The number of rotatable bonds is 5. The van der Waals surface area contributed by atoms with Crippen molar-refractivity contribution in [2.75, 3.05) is 19.6 Å². The minimum Gasteiger partial charge on any atom is -0.302 e. The second-order valence-corrected chi connectivity index (χ2v) is 6.26. The molecule has 2 aromatic rings. The van der Waals surface area contributed by atoms with Gasteiger partial charge in [0.25, 0.3) is 0 Å². The van der Waals surface area contributed by atoms with Crippen LogP contribution in [0, 0.1) is 0 Å². The number of thiophene rings is 1. The van der Waals surface area contributed by atoms with Crippen LogP contribution in [0.15, 0.2) is 47.8 Å². The quantitative estimate of drug-likeness (QED) is 0.768. The molecule has 21 heavy (non-hydrogen) atoms. The third-order valence-electron chi connectivity index (χ3n) is 3.92. The van der Waals surface area contributed by atoms with Crippen molar-refractivity contribution in [2.24, 2.45) is 0 Å². The summed E-state index contributed by atoms with van der Waals surface area (Å²) in [4.78, 5) is 16.1. The molecular formula is C17H20ClNOS. The number of halogens is 1. The summed E-state index contributed by atoms with van der Waals surface area (Å²) in [5.74, 6) is 0.228. The Kier molecular flexibility index (Phi) is 5.97. The number of ketones is 1. The van der Waals surface area contributed by atoms with Crippen LogP contribution in [0.25, 0.3) is 0 Å². The molecule has 1 fully saturated rings. The van der Waals surface area contributed by atoms with Crippen molar-refractivity contribution in [3.63, 3.8) is 0 Å². The smallest absolute Gasteiger partial charge is 0.181 e. The lowest BCUT2D eigenvalue weighted by Crippen LogP contribution is -2.29. The van der Waals surface area contributed by atoms with Crippen LogP contribution >= 0.6 is 23.7 Å². The molecule has 0 bridgehead atoms. The monoisotopic (exact) mass is 321 g/mol. The molecule has 0 radical (unpaired) electrons. The van der Waals surface area contributed by atoms with E-state index in [1.807, 2.05) is 35.7 Å². The van der Waals surface area contributed by atoms with Gasteiger partial charge in [-0.25, -0.2) is 0 Å².